The minimum absolute atomic E-state index is 0.194. The van der Waals surface area contributed by atoms with Crippen LogP contribution in [0.5, 0.6) is 0 Å². The monoisotopic (exact) mass is 267 g/mol. The van der Waals surface area contributed by atoms with E-state index < -0.39 is 0 Å². The predicted octanol–water partition coefficient (Wildman–Crippen LogP) is 1.57. The molecule has 0 aliphatic heterocycles. The Balaban J connectivity index is 3.22. The van der Waals surface area contributed by atoms with Gasteiger partial charge in [0.15, 0.2) is 0 Å². The van der Waals surface area contributed by atoms with Gasteiger partial charge in [-0.05, 0) is 32.2 Å². The number of nitrogens with two attached hydrogens (primary N) is 2. The van der Waals surface area contributed by atoms with E-state index in [1.54, 1.807) is 11.8 Å². The molecular weight excluding hydrogens is 246 g/mol. The molecule has 0 bridgehead atoms. The molecule has 0 radical (unpaired) electrons. The standard InChI is InChI=1S/C13H21N3OS/c1-9(2)16(8-13(15)17)11-5-4-6-12(18-3)10(11)7-14/h4-6,9H,7-8,14H2,1-3H3,(H2,15,17). The summed E-state index contributed by atoms with van der Waals surface area (Å²) < 4.78 is 0. The molecule has 1 aromatic rings. The number of anilines is 1. The van der Waals surface area contributed by atoms with E-state index >= 15 is 0 Å². The zero-order valence-electron chi connectivity index (χ0n) is 11.1. The second kappa shape index (κ2) is 6.66. The van der Waals surface area contributed by atoms with Crippen LogP contribution < -0.4 is 16.4 Å². The van der Waals surface area contributed by atoms with Crippen LogP contribution in [0.15, 0.2) is 23.1 Å². The van der Waals surface area contributed by atoms with Crippen molar-refractivity contribution in [2.24, 2.45) is 11.5 Å². The van der Waals surface area contributed by atoms with Crippen LogP contribution in [-0.4, -0.2) is 24.7 Å². The van der Waals surface area contributed by atoms with E-state index in [0.29, 0.717) is 6.54 Å². The summed E-state index contributed by atoms with van der Waals surface area (Å²) >= 11 is 1.66. The van der Waals surface area contributed by atoms with Gasteiger partial charge in [-0.1, -0.05) is 6.07 Å². The number of benzene rings is 1. The van der Waals surface area contributed by atoms with Crippen LogP contribution in [0.3, 0.4) is 0 Å². The summed E-state index contributed by atoms with van der Waals surface area (Å²) in [5.41, 5.74) is 13.2. The molecule has 1 aromatic carbocycles. The number of rotatable bonds is 6. The molecule has 0 saturated heterocycles. The van der Waals surface area contributed by atoms with Gasteiger partial charge in [0.1, 0.15) is 0 Å². The molecule has 0 saturated carbocycles. The summed E-state index contributed by atoms with van der Waals surface area (Å²) in [6, 6.07) is 6.21. The van der Waals surface area contributed by atoms with Crippen LogP contribution in [0.4, 0.5) is 5.69 Å². The van der Waals surface area contributed by atoms with Gasteiger partial charge in [-0.2, -0.15) is 0 Å². The lowest BCUT2D eigenvalue weighted by molar-refractivity contribution is -0.116. The number of hydrogen-bond acceptors (Lipinski definition) is 4. The first-order valence-corrected chi connectivity index (χ1v) is 7.14. The van der Waals surface area contributed by atoms with Gasteiger partial charge in [-0.15, -0.1) is 11.8 Å². The fourth-order valence-corrected chi connectivity index (χ4v) is 2.58. The largest absolute Gasteiger partial charge is 0.368 e. The van der Waals surface area contributed by atoms with Crippen LogP contribution in [0.1, 0.15) is 19.4 Å². The van der Waals surface area contributed by atoms with Gasteiger partial charge < -0.3 is 16.4 Å². The molecule has 18 heavy (non-hydrogen) atoms. The molecule has 0 atom stereocenters. The molecule has 0 aliphatic carbocycles. The van der Waals surface area contributed by atoms with Crippen molar-refractivity contribution in [3.05, 3.63) is 23.8 Å². The first-order valence-electron chi connectivity index (χ1n) is 5.92. The van der Waals surface area contributed by atoms with E-state index in [2.05, 4.69) is 0 Å². The fourth-order valence-electron chi connectivity index (χ4n) is 1.93. The zero-order chi connectivity index (χ0) is 13.7. The Morgan fingerprint density at radius 3 is 2.56 bits per heavy atom. The van der Waals surface area contributed by atoms with E-state index in [4.69, 9.17) is 11.5 Å². The Morgan fingerprint density at radius 2 is 2.11 bits per heavy atom. The normalized spacial score (nSPS) is 10.7. The molecule has 4 N–H and O–H groups in total. The quantitative estimate of drug-likeness (QED) is 0.767. The lowest BCUT2D eigenvalue weighted by Crippen LogP contribution is -2.39. The number of carbonyl (C=O) groups is 1. The molecule has 1 rings (SSSR count). The summed E-state index contributed by atoms with van der Waals surface area (Å²) in [5, 5.41) is 0. The Kier molecular flexibility index (Phi) is 5.50. The highest BCUT2D eigenvalue weighted by Gasteiger charge is 2.17. The third-order valence-electron chi connectivity index (χ3n) is 2.79. The molecule has 5 heteroatoms. The van der Waals surface area contributed by atoms with E-state index in [1.807, 2.05) is 43.2 Å². The molecule has 0 aliphatic rings. The van der Waals surface area contributed by atoms with E-state index in [9.17, 15) is 4.79 Å². The maximum atomic E-state index is 11.2. The Bertz CT molecular complexity index is 421. The third kappa shape index (κ3) is 3.40. The molecule has 0 unspecified atom stereocenters. The molecule has 4 nitrogen and oxygen atoms in total. The van der Waals surface area contributed by atoms with Crippen molar-refractivity contribution in [2.75, 3.05) is 17.7 Å². The van der Waals surface area contributed by atoms with Gasteiger partial charge in [-0.25, -0.2) is 0 Å². The second-order valence-corrected chi connectivity index (χ2v) is 5.20. The van der Waals surface area contributed by atoms with Crippen molar-refractivity contribution in [3.8, 4) is 0 Å². The van der Waals surface area contributed by atoms with Crippen molar-refractivity contribution >= 4 is 23.4 Å². The SMILES string of the molecule is CSc1cccc(N(CC(N)=O)C(C)C)c1CN. The smallest absolute Gasteiger partial charge is 0.236 e. The highest BCUT2D eigenvalue weighted by Crippen LogP contribution is 2.30. The molecular formula is C13H21N3OS. The van der Waals surface area contributed by atoms with Gasteiger partial charge in [0, 0.05) is 28.7 Å². The molecule has 1 amide bonds. The number of primary amides is 1. The molecule has 0 heterocycles. The average molecular weight is 267 g/mol. The molecule has 0 fully saturated rings. The van der Waals surface area contributed by atoms with Gasteiger partial charge in [0.2, 0.25) is 5.91 Å². The summed E-state index contributed by atoms with van der Waals surface area (Å²) in [6.07, 6.45) is 2.02. The summed E-state index contributed by atoms with van der Waals surface area (Å²) in [7, 11) is 0. The summed E-state index contributed by atoms with van der Waals surface area (Å²) in [5.74, 6) is -0.332. The minimum atomic E-state index is -0.332. The maximum Gasteiger partial charge on any atom is 0.236 e. The highest BCUT2D eigenvalue weighted by atomic mass is 32.2. The number of nitrogens with zero attached hydrogens (tertiary/aromatic N) is 1. The van der Waals surface area contributed by atoms with Crippen LogP contribution in [-0.2, 0) is 11.3 Å². The second-order valence-electron chi connectivity index (χ2n) is 4.35. The third-order valence-corrected chi connectivity index (χ3v) is 3.61. The number of amides is 1. The van der Waals surface area contributed by atoms with Crippen molar-refractivity contribution in [3.63, 3.8) is 0 Å². The van der Waals surface area contributed by atoms with E-state index in [-0.39, 0.29) is 18.5 Å². The van der Waals surface area contributed by atoms with Gasteiger partial charge in [-0.3, -0.25) is 4.79 Å². The molecule has 0 spiro atoms. The topological polar surface area (TPSA) is 72.3 Å². The van der Waals surface area contributed by atoms with Crippen LogP contribution in [0.2, 0.25) is 0 Å². The fraction of sp³-hybridized carbons (Fsp3) is 0.462. The highest BCUT2D eigenvalue weighted by molar-refractivity contribution is 7.98. The molecule has 0 aromatic heterocycles. The average Bonchev–Trinajstić information content (AvgIpc) is 2.34. The predicted molar refractivity (Wildman–Crippen MR) is 77.8 cm³/mol. The Labute approximate surface area is 113 Å². The first-order chi connectivity index (χ1) is 8.51. The van der Waals surface area contributed by atoms with E-state index in [0.717, 1.165) is 16.1 Å². The number of carbonyl (C=O) groups excluding carboxylic acids is 1. The minimum Gasteiger partial charge on any atom is -0.368 e. The summed E-state index contributed by atoms with van der Waals surface area (Å²) in [4.78, 5) is 14.3. The van der Waals surface area contributed by atoms with Crippen molar-refractivity contribution < 1.29 is 4.79 Å². The van der Waals surface area contributed by atoms with Crippen molar-refractivity contribution in [1.29, 1.82) is 0 Å². The lowest BCUT2D eigenvalue weighted by atomic mass is 10.1. The van der Waals surface area contributed by atoms with Crippen LogP contribution in [0.25, 0.3) is 0 Å². The number of thioether (sulfide) groups is 1. The molecule has 100 valence electrons. The van der Waals surface area contributed by atoms with Crippen molar-refractivity contribution in [2.45, 2.75) is 31.3 Å². The maximum absolute atomic E-state index is 11.2. The van der Waals surface area contributed by atoms with E-state index in [1.165, 1.54) is 0 Å². The van der Waals surface area contributed by atoms with Crippen LogP contribution >= 0.6 is 11.8 Å². The van der Waals surface area contributed by atoms with Crippen LogP contribution in [0, 0.1) is 0 Å². The van der Waals surface area contributed by atoms with Gasteiger partial charge in [0.25, 0.3) is 0 Å². The van der Waals surface area contributed by atoms with Gasteiger partial charge in [0.05, 0.1) is 6.54 Å². The van der Waals surface area contributed by atoms with Gasteiger partial charge >= 0.3 is 0 Å². The number of hydrogen-bond donors (Lipinski definition) is 2. The summed E-state index contributed by atoms with van der Waals surface area (Å²) in [6.45, 7) is 4.74. The zero-order valence-corrected chi connectivity index (χ0v) is 12.0. The van der Waals surface area contributed by atoms with Crippen molar-refractivity contribution in [1.82, 2.24) is 0 Å². The Hall–Kier alpha value is -1.20. The lowest BCUT2D eigenvalue weighted by Gasteiger charge is -2.30. The first kappa shape index (κ1) is 14.9. The Morgan fingerprint density at radius 1 is 1.44 bits per heavy atom.